The molecule has 4 aromatic carbocycles. The lowest BCUT2D eigenvalue weighted by atomic mass is 9.54. The number of benzene rings is 4. The van der Waals surface area contributed by atoms with Crippen LogP contribution in [0.5, 0.6) is 0 Å². The molecule has 4 saturated heterocycles. The molecule has 10 nitrogen and oxygen atoms in total. The topological polar surface area (TPSA) is 123 Å². The number of carbonyl (C=O) groups is 4. The molecule has 0 spiro atoms. The van der Waals surface area contributed by atoms with Crippen LogP contribution in [0.2, 0.25) is 0 Å². The van der Waals surface area contributed by atoms with E-state index in [4.69, 9.17) is 0 Å². The van der Waals surface area contributed by atoms with E-state index < -0.39 is 47.3 Å². The molecule has 0 aromatic heterocycles. The molecule has 8 atom stereocenters. The molecule has 0 bridgehead atoms. The fraction of sp³-hybridized carbons (Fsp3) is 0.317. The van der Waals surface area contributed by atoms with E-state index in [1.807, 2.05) is 78.9 Å². The Morgan fingerprint density at radius 1 is 0.569 bits per heavy atom. The summed E-state index contributed by atoms with van der Waals surface area (Å²) in [6, 6.07) is 31.0. The Labute approximate surface area is 295 Å². The zero-order valence-electron chi connectivity index (χ0n) is 28.1. The lowest BCUT2D eigenvalue weighted by molar-refractivity contribution is -0.149. The average molecular weight is 679 g/mol. The number of aryl methyl sites for hydroxylation is 1. The van der Waals surface area contributed by atoms with E-state index in [-0.39, 0.29) is 23.6 Å². The van der Waals surface area contributed by atoms with E-state index in [1.165, 1.54) is 0 Å². The normalized spacial score (nSPS) is 32.5. The first-order valence-corrected chi connectivity index (χ1v) is 17.9. The third-order valence-electron chi connectivity index (χ3n) is 12.5. The van der Waals surface area contributed by atoms with Gasteiger partial charge in [0.25, 0.3) is 0 Å². The largest absolute Gasteiger partial charge is 0.364 e. The van der Waals surface area contributed by atoms with Gasteiger partial charge in [-0.3, -0.25) is 19.2 Å². The highest BCUT2D eigenvalue weighted by molar-refractivity contribution is 6.01. The van der Waals surface area contributed by atoms with Gasteiger partial charge in [0.2, 0.25) is 23.6 Å². The summed E-state index contributed by atoms with van der Waals surface area (Å²) in [7, 11) is 0. The summed E-state index contributed by atoms with van der Waals surface area (Å²) in [5.74, 6) is -0.627. The van der Waals surface area contributed by atoms with Crippen LogP contribution in [0.4, 0.5) is 11.4 Å². The van der Waals surface area contributed by atoms with Crippen LogP contribution in [-0.2, 0) is 42.8 Å². The van der Waals surface area contributed by atoms with Crippen molar-refractivity contribution in [3.05, 3.63) is 131 Å². The summed E-state index contributed by atoms with van der Waals surface area (Å²) >= 11 is 0. The van der Waals surface area contributed by atoms with E-state index in [2.05, 4.69) is 52.5 Å². The number of carbonyl (C=O) groups excluding carboxylic acids is 4. The summed E-state index contributed by atoms with van der Waals surface area (Å²) in [5, 5.41) is 13.7. The van der Waals surface area contributed by atoms with Crippen molar-refractivity contribution in [3.8, 4) is 0 Å². The number of anilines is 2. The fourth-order valence-electron chi connectivity index (χ4n) is 10.5. The number of nitrogens with zero attached hydrogens (tertiary/aromatic N) is 2. The van der Waals surface area contributed by atoms with Crippen LogP contribution in [0.25, 0.3) is 0 Å². The maximum absolute atomic E-state index is 14.7. The number of para-hydroxylation sites is 1. The molecule has 256 valence electrons. The van der Waals surface area contributed by atoms with Crippen LogP contribution in [0.1, 0.15) is 40.7 Å². The smallest absolute Gasteiger partial charge is 0.247 e. The number of fused-ring (bicyclic) bond motifs is 11. The van der Waals surface area contributed by atoms with Crippen molar-refractivity contribution in [1.82, 2.24) is 20.4 Å². The van der Waals surface area contributed by atoms with Gasteiger partial charge in [0.15, 0.2) is 0 Å². The summed E-state index contributed by atoms with van der Waals surface area (Å²) in [5.41, 5.74) is 5.06. The van der Waals surface area contributed by atoms with Gasteiger partial charge in [-0.2, -0.15) is 0 Å². The van der Waals surface area contributed by atoms with E-state index in [0.717, 1.165) is 39.2 Å². The summed E-state index contributed by atoms with van der Waals surface area (Å²) in [6.07, 6.45) is 0.260. The van der Waals surface area contributed by atoms with Gasteiger partial charge in [0, 0.05) is 24.2 Å². The van der Waals surface area contributed by atoms with Gasteiger partial charge in [0.05, 0.1) is 10.8 Å². The van der Waals surface area contributed by atoms with Gasteiger partial charge in [-0.1, -0.05) is 96.6 Å². The van der Waals surface area contributed by atoms with E-state index in [1.54, 1.807) is 9.80 Å². The van der Waals surface area contributed by atoms with E-state index in [0.29, 0.717) is 25.7 Å². The van der Waals surface area contributed by atoms with Crippen LogP contribution in [-0.4, -0.2) is 69.9 Å². The summed E-state index contributed by atoms with van der Waals surface area (Å²) in [4.78, 5) is 61.4. The van der Waals surface area contributed by atoms with Crippen LogP contribution < -0.4 is 21.3 Å². The predicted molar refractivity (Wildman–Crippen MR) is 190 cm³/mol. The van der Waals surface area contributed by atoms with Crippen molar-refractivity contribution in [1.29, 1.82) is 0 Å². The second-order valence-corrected chi connectivity index (χ2v) is 15.1. The van der Waals surface area contributed by atoms with E-state index >= 15 is 0 Å². The Morgan fingerprint density at radius 2 is 1.04 bits per heavy atom. The third kappa shape index (κ3) is 3.98. The Morgan fingerprint density at radius 3 is 1.59 bits per heavy atom. The molecule has 10 rings (SSSR count). The highest BCUT2D eigenvalue weighted by atomic mass is 16.2. The molecule has 10 heteroatoms. The van der Waals surface area contributed by atoms with Crippen molar-refractivity contribution in [2.75, 3.05) is 10.6 Å². The number of rotatable bonds is 5. The zero-order chi connectivity index (χ0) is 34.6. The lowest BCUT2D eigenvalue weighted by Gasteiger charge is -2.48. The molecular weight excluding hydrogens is 640 g/mol. The highest BCUT2D eigenvalue weighted by Gasteiger charge is 2.78. The second-order valence-electron chi connectivity index (χ2n) is 15.1. The molecule has 4 aromatic rings. The molecule has 8 unspecified atom stereocenters. The first kappa shape index (κ1) is 30.2. The first-order chi connectivity index (χ1) is 24.8. The molecule has 4 amide bonds. The first-order valence-electron chi connectivity index (χ1n) is 17.9. The minimum absolute atomic E-state index is 0.132. The van der Waals surface area contributed by atoms with E-state index in [9.17, 15) is 19.2 Å². The minimum atomic E-state index is -0.870. The van der Waals surface area contributed by atoms with Crippen molar-refractivity contribution in [2.45, 2.75) is 79.9 Å². The third-order valence-corrected chi connectivity index (χ3v) is 12.5. The maximum Gasteiger partial charge on any atom is 0.247 e. The summed E-state index contributed by atoms with van der Waals surface area (Å²) < 4.78 is 0. The van der Waals surface area contributed by atoms with Gasteiger partial charge < -0.3 is 31.1 Å². The summed E-state index contributed by atoms with van der Waals surface area (Å²) in [6.45, 7) is 2.05. The zero-order valence-corrected chi connectivity index (χ0v) is 28.1. The van der Waals surface area contributed by atoms with Crippen molar-refractivity contribution in [2.24, 2.45) is 0 Å². The lowest BCUT2D eigenvalue weighted by Crippen LogP contribution is -2.67. The molecule has 4 N–H and O–H groups in total. The average Bonchev–Trinajstić information content (AvgIpc) is 3.85. The molecule has 6 heterocycles. The number of hydrogen-bond acceptors (Lipinski definition) is 6. The molecule has 51 heavy (non-hydrogen) atoms. The van der Waals surface area contributed by atoms with Gasteiger partial charge >= 0.3 is 0 Å². The number of piperazine rings is 2. The maximum atomic E-state index is 14.7. The molecule has 0 radical (unpaired) electrons. The van der Waals surface area contributed by atoms with Crippen molar-refractivity contribution in [3.63, 3.8) is 0 Å². The quantitative estimate of drug-likeness (QED) is 0.257. The van der Waals surface area contributed by atoms with Crippen LogP contribution in [0, 0.1) is 6.92 Å². The van der Waals surface area contributed by atoms with Gasteiger partial charge in [-0.25, -0.2) is 0 Å². The number of nitrogens with one attached hydrogen (secondary N) is 4. The van der Waals surface area contributed by atoms with Crippen molar-refractivity contribution < 1.29 is 19.2 Å². The molecule has 0 saturated carbocycles. The predicted octanol–water partition coefficient (Wildman–Crippen LogP) is 3.36. The number of amides is 4. The van der Waals surface area contributed by atoms with Crippen molar-refractivity contribution >= 4 is 35.0 Å². The Kier molecular flexibility index (Phi) is 6.33. The fourth-order valence-corrected chi connectivity index (χ4v) is 10.5. The highest BCUT2D eigenvalue weighted by Crippen LogP contribution is 2.69. The molecule has 6 aliphatic rings. The van der Waals surface area contributed by atoms with Crippen LogP contribution >= 0.6 is 0 Å². The molecule has 6 aliphatic heterocycles. The van der Waals surface area contributed by atoms with Gasteiger partial charge in [-0.15, -0.1) is 0 Å². The minimum Gasteiger partial charge on any atom is -0.364 e. The molecule has 4 fully saturated rings. The second kappa shape index (κ2) is 10.7. The molecule has 0 aliphatic carbocycles. The number of hydrogen-bond donors (Lipinski definition) is 4. The Balaban J connectivity index is 1.14. The van der Waals surface area contributed by atoms with Gasteiger partial charge in [-0.05, 0) is 54.2 Å². The monoisotopic (exact) mass is 678 g/mol. The molecular formula is C41H38N6O4. The Bertz CT molecular complexity index is 2140. The van der Waals surface area contributed by atoms with Crippen LogP contribution in [0.15, 0.2) is 103 Å². The Hall–Kier alpha value is -5.64. The van der Waals surface area contributed by atoms with Gasteiger partial charge in [0.1, 0.15) is 36.5 Å². The SMILES string of the molecule is Cc1ccc2c(c1)C1(C34CC5C(=O)NC(Cc6ccccc6)C(=O)N5C3Nc3ccccc34)CC3C(=O)NC(Cc4ccccc4)C(=O)N3C1N2. The standard InChI is InChI=1S/C41H38N6O4/c1-23-16-17-29-27(18-23)41(22-33-35(49)43-31(20-25-12-6-3-7-13-25)37(51)47(33)39(41)45-29)40-21-32-34(48)42-30(19-24-10-4-2-5-11-24)36(50)46(32)38(40)44-28-15-9-8-14-26(28)40/h2-18,30-33,38-39,44-45H,19-22H2,1H3,(H,42,48)(H,43,49). The van der Waals surface area contributed by atoms with Crippen LogP contribution in [0.3, 0.4) is 0 Å².